The highest BCUT2D eigenvalue weighted by Gasteiger charge is 2.40. The molecule has 1 amide bonds. The number of hydrogen-bond donors (Lipinski definition) is 1. The van der Waals surface area contributed by atoms with Crippen LogP contribution >= 0.6 is 35.0 Å². The quantitative estimate of drug-likeness (QED) is 0.536. The van der Waals surface area contributed by atoms with Crippen LogP contribution in [0, 0.1) is 9.49 Å². The molecule has 2 atom stereocenters. The average Bonchev–Trinajstić information content (AvgIpc) is 3.35. The summed E-state index contributed by atoms with van der Waals surface area (Å²) in [5, 5.41) is 3.81. The van der Waals surface area contributed by atoms with E-state index in [0.717, 1.165) is 25.9 Å². The van der Waals surface area contributed by atoms with Gasteiger partial charge < -0.3 is 15.0 Å². The molecule has 1 unspecified atom stereocenters. The predicted octanol–water partition coefficient (Wildman–Crippen LogP) is 5.49. The number of rotatable bonds is 4. The minimum absolute atomic E-state index is 0. The Kier molecular flexibility index (Phi) is 8.23. The fraction of sp³-hybridized carbons (Fsp3) is 0.591. The van der Waals surface area contributed by atoms with Crippen molar-refractivity contribution in [2.24, 2.45) is 5.92 Å². The molecule has 156 valence electrons. The molecular formula is C22H32ClIN2O2. The smallest absolute Gasteiger partial charge is 0.410 e. The number of ether oxygens (including phenoxy) is 1. The highest BCUT2D eigenvalue weighted by Crippen LogP contribution is 2.38. The van der Waals surface area contributed by atoms with Crippen LogP contribution in [0.15, 0.2) is 29.8 Å². The number of hydrogen-bond acceptors (Lipinski definition) is 3. The van der Waals surface area contributed by atoms with E-state index >= 15 is 0 Å². The Morgan fingerprint density at radius 1 is 1.21 bits per heavy atom. The molecule has 0 spiro atoms. The molecule has 0 radical (unpaired) electrons. The van der Waals surface area contributed by atoms with E-state index in [9.17, 15) is 4.79 Å². The normalized spacial score (nSPS) is 23.2. The van der Waals surface area contributed by atoms with Crippen LogP contribution in [0.25, 0.3) is 6.08 Å². The van der Waals surface area contributed by atoms with E-state index in [0.29, 0.717) is 18.0 Å². The zero-order valence-corrected chi connectivity index (χ0v) is 20.2. The molecule has 1 saturated heterocycles. The molecule has 0 aromatic heterocycles. The standard InChI is InChI=1S/C22H31IN2O2.ClH/c1-15(13-16-5-7-17(23)8-6-16)19-14-20(19)24-18-9-11-25(12-10-18)21(26)27-22(2,3)4;/h5-8,13,18-20,24H,9-12,14H2,1-4H3;1H/t19?,20-;/m0./s1. The molecule has 2 fully saturated rings. The van der Waals surface area contributed by atoms with Crippen molar-refractivity contribution in [3.8, 4) is 0 Å². The van der Waals surface area contributed by atoms with Crippen LogP contribution in [0.3, 0.4) is 0 Å². The summed E-state index contributed by atoms with van der Waals surface area (Å²) >= 11 is 2.34. The Bertz CT molecular complexity index is 691. The van der Waals surface area contributed by atoms with Gasteiger partial charge in [0.05, 0.1) is 0 Å². The number of piperidine rings is 1. The van der Waals surface area contributed by atoms with E-state index in [-0.39, 0.29) is 18.5 Å². The van der Waals surface area contributed by atoms with Gasteiger partial charge in [0.25, 0.3) is 0 Å². The van der Waals surface area contributed by atoms with E-state index in [1.807, 2.05) is 25.7 Å². The summed E-state index contributed by atoms with van der Waals surface area (Å²) in [4.78, 5) is 14.0. The van der Waals surface area contributed by atoms with Crippen LogP contribution in [-0.4, -0.2) is 41.8 Å². The van der Waals surface area contributed by atoms with Gasteiger partial charge in [-0.05, 0) is 93.2 Å². The molecule has 0 bridgehead atoms. The zero-order chi connectivity index (χ0) is 19.6. The molecule has 1 saturated carbocycles. The van der Waals surface area contributed by atoms with Gasteiger partial charge in [0, 0.05) is 28.7 Å². The van der Waals surface area contributed by atoms with Gasteiger partial charge in [0.15, 0.2) is 0 Å². The molecule has 1 N–H and O–H groups in total. The number of likely N-dealkylation sites (tertiary alicyclic amines) is 1. The van der Waals surface area contributed by atoms with Crippen molar-refractivity contribution in [2.75, 3.05) is 13.1 Å². The monoisotopic (exact) mass is 518 g/mol. The fourth-order valence-corrected chi connectivity index (χ4v) is 4.03. The summed E-state index contributed by atoms with van der Waals surface area (Å²) < 4.78 is 6.75. The average molecular weight is 519 g/mol. The molecule has 1 heterocycles. The first-order valence-corrected chi connectivity index (χ1v) is 11.0. The third-order valence-electron chi connectivity index (χ3n) is 5.24. The molecule has 1 aromatic carbocycles. The zero-order valence-electron chi connectivity index (χ0n) is 17.2. The number of carbonyl (C=O) groups excluding carboxylic acids is 1. The van der Waals surface area contributed by atoms with Crippen molar-refractivity contribution in [2.45, 2.75) is 64.6 Å². The first-order chi connectivity index (χ1) is 12.7. The molecule has 1 aliphatic carbocycles. The number of amides is 1. The van der Waals surface area contributed by atoms with Gasteiger partial charge in [-0.25, -0.2) is 4.79 Å². The second-order valence-electron chi connectivity index (χ2n) is 8.80. The number of halogens is 2. The Balaban J connectivity index is 0.00000280. The molecular weight excluding hydrogens is 487 g/mol. The maximum absolute atomic E-state index is 12.2. The molecule has 3 rings (SSSR count). The van der Waals surface area contributed by atoms with Crippen LogP contribution in [-0.2, 0) is 4.74 Å². The summed E-state index contributed by atoms with van der Waals surface area (Å²) in [6.45, 7) is 9.55. The van der Waals surface area contributed by atoms with Gasteiger partial charge in [-0.1, -0.05) is 23.8 Å². The Morgan fingerprint density at radius 2 is 1.82 bits per heavy atom. The van der Waals surface area contributed by atoms with Gasteiger partial charge in [-0.2, -0.15) is 0 Å². The van der Waals surface area contributed by atoms with E-state index in [2.05, 4.69) is 65.2 Å². The second-order valence-corrected chi connectivity index (χ2v) is 10.0. The second kappa shape index (κ2) is 9.81. The SMILES string of the molecule is CC(=Cc1ccc(I)cc1)C1C[C@@H]1NC1CCN(C(=O)OC(C)(C)C)CC1.Cl. The van der Waals surface area contributed by atoms with E-state index in [4.69, 9.17) is 4.74 Å². The third kappa shape index (κ3) is 6.92. The molecule has 2 aliphatic rings. The minimum atomic E-state index is -0.422. The maximum atomic E-state index is 12.2. The van der Waals surface area contributed by atoms with Crippen molar-refractivity contribution in [3.05, 3.63) is 39.0 Å². The van der Waals surface area contributed by atoms with Crippen molar-refractivity contribution in [3.63, 3.8) is 0 Å². The van der Waals surface area contributed by atoms with Gasteiger partial charge in [0.2, 0.25) is 0 Å². The number of nitrogens with zero attached hydrogens (tertiary/aromatic N) is 1. The Labute approximate surface area is 189 Å². The van der Waals surface area contributed by atoms with Crippen molar-refractivity contribution in [1.29, 1.82) is 0 Å². The maximum Gasteiger partial charge on any atom is 0.410 e. The van der Waals surface area contributed by atoms with Crippen molar-refractivity contribution < 1.29 is 9.53 Å². The third-order valence-corrected chi connectivity index (χ3v) is 5.96. The van der Waals surface area contributed by atoms with Gasteiger partial charge in [0.1, 0.15) is 5.60 Å². The predicted molar refractivity (Wildman–Crippen MR) is 126 cm³/mol. The Hall–Kier alpha value is -0.790. The van der Waals surface area contributed by atoms with E-state index in [1.54, 1.807) is 0 Å². The lowest BCUT2D eigenvalue weighted by Gasteiger charge is -2.34. The van der Waals surface area contributed by atoms with Crippen LogP contribution in [0.5, 0.6) is 0 Å². The first kappa shape index (κ1) is 23.5. The number of benzene rings is 1. The van der Waals surface area contributed by atoms with Crippen LogP contribution < -0.4 is 5.32 Å². The van der Waals surface area contributed by atoms with Gasteiger partial charge >= 0.3 is 6.09 Å². The lowest BCUT2D eigenvalue weighted by Crippen LogP contribution is -2.47. The molecule has 1 aromatic rings. The molecule has 6 heteroatoms. The van der Waals surface area contributed by atoms with Crippen molar-refractivity contribution >= 4 is 47.2 Å². The van der Waals surface area contributed by atoms with Gasteiger partial charge in [-0.3, -0.25) is 0 Å². The summed E-state index contributed by atoms with van der Waals surface area (Å²) in [7, 11) is 0. The summed E-state index contributed by atoms with van der Waals surface area (Å²) in [5.74, 6) is 0.646. The van der Waals surface area contributed by atoms with Crippen molar-refractivity contribution in [1.82, 2.24) is 10.2 Å². The van der Waals surface area contributed by atoms with E-state index in [1.165, 1.54) is 21.1 Å². The topological polar surface area (TPSA) is 41.6 Å². The van der Waals surface area contributed by atoms with Crippen LogP contribution in [0.2, 0.25) is 0 Å². The van der Waals surface area contributed by atoms with Crippen LogP contribution in [0.1, 0.15) is 52.5 Å². The molecule has 4 nitrogen and oxygen atoms in total. The molecule has 28 heavy (non-hydrogen) atoms. The fourth-order valence-electron chi connectivity index (χ4n) is 3.67. The first-order valence-electron chi connectivity index (χ1n) is 9.89. The largest absolute Gasteiger partial charge is 0.444 e. The van der Waals surface area contributed by atoms with E-state index < -0.39 is 5.60 Å². The number of carbonyl (C=O) groups is 1. The minimum Gasteiger partial charge on any atom is -0.444 e. The number of nitrogens with one attached hydrogen (secondary N) is 1. The highest BCUT2D eigenvalue weighted by atomic mass is 127. The lowest BCUT2D eigenvalue weighted by molar-refractivity contribution is 0.0198. The van der Waals surface area contributed by atoms with Crippen LogP contribution in [0.4, 0.5) is 4.79 Å². The lowest BCUT2D eigenvalue weighted by atomic mass is 10.0. The summed E-state index contributed by atoms with van der Waals surface area (Å²) in [6, 6.07) is 9.76. The Morgan fingerprint density at radius 3 is 2.39 bits per heavy atom. The van der Waals surface area contributed by atoms with Gasteiger partial charge in [-0.15, -0.1) is 12.4 Å². The summed E-state index contributed by atoms with van der Waals surface area (Å²) in [5.41, 5.74) is 2.32. The highest BCUT2D eigenvalue weighted by molar-refractivity contribution is 14.1. The molecule has 1 aliphatic heterocycles. The summed E-state index contributed by atoms with van der Waals surface area (Å²) in [6.07, 6.45) is 5.36.